The monoisotopic (exact) mass is 169 g/mol. The van der Waals surface area contributed by atoms with Gasteiger partial charge in [0.2, 0.25) is 0 Å². The summed E-state index contributed by atoms with van der Waals surface area (Å²) in [4.78, 5) is 6.88. The predicted molar refractivity (Wildman–Crippen MR) is 51.9 cm³/mol. The van der Waals surface area contributed by atoms with Gasteiger partial charge in [-0.25, -0.2) is 0 Å². The minimum Gasteiger partial charge on any atom is -0.364 e. The van der Waals surface area contributed by atoms with Crippen molar-refractivity contribution in [2.45, 2.75) is 6.17 Å². The number of rotatable bonds is 2. The number of hydrogen-bond acceptors (Lipinski definition) is 3. The summed E-state index contributed by atoms with van der Waals surface area (Å²) in [5.74, 6) is 0. The molecule has 0 aliphatic carbocycles. The van der Waals surface area contributed by atoms with E-state index in [1.807, 2.05) is 6.20 Å². The van der Waals surface area contributed by atoms with E-state index in [0.29, 0.717) is 6.17 Å². The van der Waals surface area contributed by atoms with Crippen molar-refractivity contribution in [2.75, 3.05) is 40.8 Å². The van der Waals surface area contributed by atoms with Crippen LogP contribution in [-0.4, -0.2) is 61.6 Å². The van der Waals surface area contributed by atoms with Crippen LogP contribution in [0, 0.1) is 0 Å². The van der Waals surface area contributed by atoms with Crippen molar-refractivity contribution in [3.8, 4) is 0 Å². The summed E-state index contributed by atoms with van der Waals surface area (Å²) in [6, 6.07) is 0. The van der Waals surface area contributed by atoms with Gasteiger partial charge in [0.15, 0.2) is 0 Å². The lowest BCUT2D eigenvalue weighted by Gasteiger charge is -2.41. The van der Waals surface area contributed by atoms with Crippen molar-refractivity contribution >= 4 is 0 Å². The predicted octanol–water partition coefficient (Wildman–Crippen LogP) is 0.265. The maximum atomic E-state index is 3.78. The van der Waals surface area contributed by atoms with Crippen molar-refractivity contribution in [3.05, 3.63) is 12.8 Å². The molecule has 70 valence electrons. The van der Waals surface area contributed by atoms with Crippen LogP contribution in [0.5, 0.6) is 0 Å². The minimum absolute atomic E-state index is 0.487. The fraction of sp³-hybridized carbons (Fsp3) is 0.778. The Morgan fingerprint density at radius 2 is 2.08 bits per heavy atom. The molecule has 1 atom stereocenters. The summed E-state index contributed by atoms with van der Waals surface area (Å²) in [6.45, 7) is 7.18. The molecule has 0 aromatic heterocycles. The maximum Gasteiger partial charge on any atom is 0.0939 e. The van der Waals surface area contributed by atoms with Gasteiger partial charge in [-0.15, -0.1) is 0 Å². The van der Waals surface area contributed by atoms with Crippen LogP contribution < -0.4 is 0 Å². The molecule has 0 bridgehead atoms. The summed E-state index contributed by atoms with van der Waals surface area (Å²) in [5.41, 5.74) is 0. The van der Waals surface area contributed by atoms with Gasteiger partial charge in [-0.05, 0) is 20.3 Å². The highest BCUT2D eigenvalue weighted by atomic mass is 15.4. The first-order valence-corrected chi connectivity index (χ1v) is 4.38. The Hall–Kier alpha value is -0.540. The van der Waals surface area contributed by atoms with E-state index in [9.17, 15) is 0 Å². The van der Waals surface area contributed by atoms with Gasteiger partial charge in [0.05, 0.1) is 6.17 Å². The van der Waals surface area contributed by atoms with Crippen LogP contribution in [0.2, 0.25) is 0 Å². The van der Waals surface area contributed by atoms with Crippen LogP contribution in [0.4, 0.5) is 0 Å². The molecule has 1 saturated heterocycles. The zero-order chi connectivity index (χ0) is 9.14. The lowest BCUT2D eigenvalue weighted by Crippen LogP contribution is -2.55. The van der Waals surface area contributed by atoms with E-state index in [1.165, 1.54) is 0 Å². The minimum atomic E-state index is 0.487. The molecule has 3 heteroatoms. The second kappa shape index (κ2) is 3.92. The third kappa shape index (κ3) is 1.99. The highest BCUT2D eigenvalue weighted by Crippen LogP contribution is 2.08. The SMILES string of the molecule is C=CN(C)[C@@H]1CN(C)CCN1C. The Labute approximate surface area is 75.2 Å². The topological polar surface area (TPSA) is 9.72 Å². The van der Waals surface area contributed by atoms with Crippen molar-refractivity contribution in [1.82, 2.24) is 14.7 Å². The Kier molecular flexibility index (Phi) is 3.12. The van der Waals surface area contributed by atoms with Gasteiger partial charge >= 0.3 is 0 Å². The average Bonchev–Trinajstić information content (AvgIpc) is 2.08. The summed E-state index contributed by atoms with van der Waals surface area (Å²) < 4.78 is 0. The van der Waals surface area contributed by atoms with E-state index in [4.69, 9.17) is 0 Å². The van der Waals surface area contributed by atoms with Crippen LogP contribution in [0.3, 0.4) is 0 Å². The van der Waals surface area contributed by atoms with Crippen LogP contribution >= 0.6 is 0 Å². The first-order chi connectivity index (χ1) is 5.65. The second-order valence-corrected chi connectivity index (χ2v) is 3.57. The highest BCUT2D eigenvalue weighted by Gasteiger charge is 2.23. The molecular formula is C9H19N3. The van der Waals surface area contributed by atoms with Crippen LogP contribution in [0.25, 0.3) is 0 Å². The molecule has 0 aromatic carbocycles. The number of nitrogens with zero attached hydrogens (tertiary/aromatic N) is 3. The smallest absolute Gasteiger partial charge is 0.0939 e. The van der Waals surface area contributed by atoms with E-state index in [-0.39, 0.29) is 0 Å². The number of hydrogen-bond donors (Lipinski definition) is 0. The zero-order valence-corrected chi connectivity index (χ0v) is 8.32. The Bertz CT molecular complexity index is 158. The molecule has 0 spiro atoms. The standard InChI is InChI=1S/C9H19N3/c1-5-11(3)9-8-10(2)6-7-12(9)4/h5,9H,1,6-8H2,2-4H3/t9-/m0/s1. The highest BCUT2D eigenvalue weighted by molar-refractivity contribution is 4.82. The molecule has 1 aliphatic rings. The molecule has 0 unspecified atom stereocenters. The number of likely N-dealkylation sites (N-methyl/N-ethyl adjacent to an activating group) is 3. The van der Waals surface area contributed by atoms with Crippen LogP contribution in [0.1, 0.15) is 0 Å². The summed E-state index contributed by atoms with van der Waals surface area (Å²) >= 11 is 0. The Balaban J connectivity index is 2.53. The van der Waals surface area contributed by atoms with E-state index in [1.54, 1.807) is 0 Å². The largest absolute Gasteiger partial charge is 0.364 e. The van der Waals surface area contributed by atoms with Gasteiger partial charge in [0.25, 0.3) is 0 Å². The lowest BCUT2D eigenvalue weighted by atomic mass is 10.3. The lowest BCUT2D eigenvalue weighted by molar-refractivity contribution is 0.0393. The molecule has 0 radical (unpaired) electrons. The van der Waals surface area contributed by atoms with Crippen molar-refractivity contribution in [3.63, 3.8) is 0 Å². The Morgan fingerprint density at radius 1 is 1.42 bits per heavy atom. The first kappa shape index (κ1) is 9.55. The molecule has 1 aliphatic heterocycles. The first-order valence-electron chi connectivity index (χ1n) is 4.38. The molecule has 0 aromatic rings. The molecule has 0 amide bonds. The van der Waals surface area contributed by atoms with Gasteiger partial charge in [0, 0.05) is 26.7 Å². The molecular weight excluding hydrogens is 150 g/mol. The quantitative estimate of drug-likeness (QED) is 0.587. The molecule has 1 rings (SSSR count). The van der Waals surface area contributed by atoms with Crippen molar-refractivity contribution in [2.24, 2.45) is 0 Å². The van der Waals surface area contributed by atoms with Gasteiger partial charge in [-0.3, -0.25) is 4.90 Å². The third-order valence-electron chi connectivity index (χ3n) is 2.58. The summed E-state index contributed by atoms with van der Waals surface area (Å²) in [7, 11) is 6.40. The average molecular weight is 169 g/mol. The third-order valence-corrected chi connectivity index (χ3v) is 2.58. The maximum absolute atomic E-state index is 3.78. The second-order valence-electron chi connectivity index (χ2n) is 3.57. The molecule has 1 heterocycles. The van der Waals surface area contributed by atoms with Crippen LogP contribution in [-0.2, 0) is 0 Å². The van der Waals surface area contributed by atoms with Gasteiger partial charge in [-0.1, -0.05) is 6.58 Å². The van der Waals surface area contributed by atoms with E-state index in [0.717, 1.165) is 19.6 Å². The van der Waals surface area contributed by atoms with Gasteiger partial charge in [-0.2, -0.15) is 0 Å². The summed E-state index contributed by atoms with van der Waals surface area (Å²) in [6.07, 6.45) is 2.38. The van der Waals surface area contributed by atoms with Gasteiger partial charge < -0.3 is 9.80 Å². The molecule has 0 N–H and O–H groups in total. The Morgan fingerprint density at radius 3 is 2.67 bits per heavy atom. The zero-order valence-electron chi connectivity index (χ0n) is 8.32. The summed E-state index contributed by atoms with van der Waals surface area (Å²) in [5, 5.41) is 0. The molecule has 12 heavy (non-hydrogen) atoms. The van der Waals surface area contributed by atoms with E-state index >= 15 is 0 Å². The van der Waals surface area contributed by atoms with Crippen LogP contribution in [0.15, 0.2) is 12.8 Å². The normalized spacial score (nSPS) is 27.1. The molecule has 3 nitrogen and oxygen atoms in total. The van der Waals surface area contributed by atoms with E-state index in [2.05, 4.69) is 42.4 Å². The van der Waals surface area contributed by atoms with Crippen molar-refractivity contribution < 1.29 is 0 Å². The van der Waals surface area contributed by atoms with Gasteiger partial charge in [0.1, 0.15) is 0 Å². The fourth-order valence-electron chi connectivity index (χ4n) is 1.55. The fourth-order valence-corrected chi connectivity index (χ4v) is 1.55. The molecule has 0 saturated carbocycles. The molecule has 1 fully saturated rings. The van der Waals surface area contributed by atoms with Crippen molar-refractivity contribution in [1.29, 1.82) is 0 Å². The van der Waals surface area contributed by atoms with E-state index < -0.39 is 0 Å². The number of piperazine rings is 1.